The van der Waals surface area contributed by atoms with Gasteiger partial charge in [-0.25, -0.2) is 0 Å². The predicted octanol–water partition coefficient (Wildman–Crippen LogP) is 5.28. The van der Waals surface area contributed by atoms with Crippen molar-refractivity contribution in [2.45, 2.75) is 24.3 Å². The second-order valence-electron chi connectivity index (χ2n) is 6.14. The molecular formula is C21H21ClO2. The molecule has 124 valence electrons. The third kappa shape index (κ3) is 4.08. The van der Waals surface area contributed by atoms with Crippen LogP contribution >= 0.6 is 11.6 Å². The molecule has 0 saturated carbocycles. The van der Waals surface area contributed by atoms with E-state index in [9.17, 15) is 5.11 Å². The van der Waals surface area contributed by atoms with Crippen LogP contribution in [0.25, 0.3) is 11.1 Å². The van der Waals surface area contributed by atoms with Gasteiger partial charge < -0.3 is 9.84 Å². The van der Waals surface area contributed by atoms with Crippen LogP contribution in [0.2, 0.25) is 0 Å². The van der Waals surface area contributed by atoms with E-state index in [4.69, 9.17) is 16.3 Å². The van der Waals surface area contributed by atoms with Crippen molar-refractivity contribution in [3.05, 3.63) is 78.4 Å². The van der Waals surface area contributed by atoms with E-state index in [-0.39, 0.29) is 0 Å². The lowest BCUT2D eigenvalue weighted by Gasteiger charge is -2.23. The van der Waals surface area contributed by atoms with Gasteiger partial charge in [0.2, 0.25) is 0 Å². The molecule has 3 heteroatoms. The molecule has 2 aromatic rings. The molecule has 0 bridgehead atoms. The first-order chi connectivity index (χ1) is 11.6. The molecule has 0 heterocycles. The van der Waals surface area contributed by atoms with Gasteiger partial charge in [0.1, 0.15) is 17.2 Å². The van der Waals surface area contributed by atoms with Crippen molar-refractivity contribution in [2.24, 2.45) is 0 Å². The molecule has 1 N–H and O–H groups in total. The fourth-order valence-corrected chi connectivity index (χ4v) is 2.86. The van der Waals surface area contributed by atoms with Crippen molar-refractivity contribution in [3.63, 3.8) is 0 Å². The SMILES string of the molecule is CC(O)c1ccc(-c2ccc(OCC3(Cl)C=CC=CC3)cc2)cc1. The number of hydrogen-bond donors (Lipinski definition) is 1. The first kappa shape index (κ1) is 16.8. The summed E-state index contributed by atoms with van der Waals surface area (Å²) >= 11 is 6.51. The van der Waals surface area contributed by atoms with Crippen molar-refractivity contribution in [1.82, 2.24) is 0 Å². The molecule has 2 atom stereocenters. The third-order valence-electron chi connectivity index (χ3n) is 4.16. The van der Waals surface area contributed by atoms with Crippen LogP contribution in [0, 0.1) is 0 Å². The van der Waals surface area contributed by atoms with Crippen molar-refractivity contribution >= 4 is 11.6 Å². The lowest BCUT2D eigenvalue weighted by Crippen LogP contribution is -2.27. The van der Waals surface area contributed by atoms with E-state index in [2.05, 4.69) is 6.08 Å². The summed E-state index contributed by atoms with van der Waals surface area (Å²) in [4.78, 5) is -0.454. The summed E-state index contributed by atoms with van der Waals surface area (Å²) in [5, 5.41) is 9.57. The number of allylic oxidation sites excluding steroid dienone is 3. The highest BCUT2D eigenvalue weighted by atomic mass is 35.5. The summed E-state index contributed by atoms with van der Waals surface area (Å²) in [7, 11) is 0. The Bertz CT molecular complexity index is 729. The Morgan fingerprint density at radius 2 is 1.67 bits per heavy atom. The highest BCUT2D eigenvalue weighted by molar-refractivity contribution is 6.25. The Balaban J connectivity index is 1.65. The number of benzene rings is 2. The van der Waals surface area contributed by atoms with E-state index < -0.39 is 11.0 Å². The molecule has 0 amide bonds. The molecule has 3 rings (SSSR count). The van der Waals surface area contributed by atoms with E-state index in [0.29, 0.717) is 6.61 Å². The van der Waals surface area contributed by atoms with Crippen LogP contribution in [0.3, 0.4) is 0 Å². The van der Waals surface area contributed by atoms with Crippen LogP contribution in [0.1, 0.15) is 25.0 Å². The van der Waals surface area contributed by atoms with Gasteiger partial charge in [-0.05, 0) is 42.2 Å². The van der Waals surface area contributed by atoms with Gasteiger partial charge in [0.15, 0.2) is 0 Å². The van der Waals surface area contributed by atoms with Gasteiger partial charge in [-0.15, -0.1) is 11.6 Å². The molecule has 24 heavy (non-hydrogen) atoms. The Labute approximate surface area is 148 Å². The van der Waals surface area contributed by atoms with Crippen LogP contribution in [-0.4, -0.2) is 16.6 Å². The van der Waals surface area contributed by atoms with E-state index in [1.807, 2.05) is 66.8 Å². The lowest BCUT2D eigenvalue weighted by atomic mass is 10.0. The highest BCUT2D eigenvalue weighted by Crippen LogP contribution is 2.28. The fourth-order valence-electron chi connectivity index (χ4n) is 2.65. The van der Waals surface area contributed by atoms with Gasteiger partial charge in [0.25, 0.3) is 0 Å². The third-order valence-corrected chi connectivity index (χ3v) is 4.55. The average Bonchev–Trinajstić information content (AvgIpc) is 2.61. The minimum absolute atomic E-state index is 0.442. The lowest BCUT2D eigenvalue weighted by molar-refractivity contribution is 0.199. The highest BCUT2D eigenvalue weighted by Gasteiger charge is 2.24. The number of aliphatic hydroxyl groups is 1. The first-order valence-electron chi connectivity index (χ1n) is 8.10. The maximum Gasteiger partial charge on any atom is 0.119 e. The summed E-state index contributed by atoms with van der Waals surface area (Å²) in [6.45, 7) is 2.21. The quantitative estimate of drug-likeness (QED) is 0.750. The molecule has 2 unspecified atom stereocenters. The standard InChI is InChI=1S/C21H21ClO2/c1-16(23)17-5-7-18(8-6-17)19-9-11-20(12-10-19)24-15-21(22)13-3-2-4-14-21/h2-13,16,23H,14-15H2,1H3. The smallest absolute Gasteiger partial charge is 0.119 e. The van der Waals surface area contributed by atoms with Crippen molar-refractivity contribution in [3.8, 4) is 16.9 Å². The van der Waals surface area contributed by atoms with Gasteiger partial charge in [0, 0.05) is 0 Å². The molecule has 2 aromatic carbocycles. The number of rotatable bonds is 5. The molecule has 0 aromatic heterocycles. The number of hydrogen-bond acceptors (Lipinski definition) is 2. The Morgan fingerprint density at radius 1 is 1.04 bits per heavy atom. The van der Waals surface area contributed by atoms with Gasteiger partial charge in [0.05, 0.1) is 6.10 Å². The van der Waals surface area contributed by atoms with Crippen molar-refractivity contribution in [1.29, 1.82) is 0 Å². The summed E-state index contributed by atoms with van der Waals surface area (Å²) in [5.74, 6) is 0.808. The van der Waals surface area contributed by atoms with Crippen LogP contribution in [0.5, 0.6) is 5.75 Å². The van der Waals surface area contributed by atoms with E-state index >= 15 is 0 Å². The normalized spacial score (nSPS) is 20.8. The molecular weight excluding hydrogens is 320 g/mol. The molecule has 1 aliphatic rings. The minimum Gasteiger partial charge on any atom is -0.491 e. The molecule has 0 aliphatic heterocycles. The van der Waals surface area contributed by atoms with E-state index in [1.54, 1.807) is 6.92 Å². The van der Waals surface area contributed by atoms with Gasteiger partial charge >= 0.3 is 0 Å². The number of halogens is 1. The zero-order chi connectivity index (χ0) is 17.0. The fraction of sp³-hybridized carbons (Fsp3) is 0.238. The second kappa shape index (κ2) is 7.25. The van der Waals surface area contributed by atoms with Crippen LogP contribution in [0.4, 0.5) is 0 Å². The summed E-state index contributed by atoms with van der Waals surface area (Å²) in [5.41, 5.74) is 3.14. The van der Waals surface area contributed by atoms with Crippen LogP contribution in [0.15, 0.2) is 72.8 Å². The zero-order valence-electron chi connectivity index (χ0n) is 13.7. The molecule has 0 saturated heterocycles. The summed E-state index contributed by atoms with van der Waals surface area (Å²) < 4.78 is 5.84. The van der Waals surface area contributed by atoms with Crippen LogP contribution in [-0.2, 0) is 0 Å². The van der Waals surface area contributed by atoms with Gasteiger partial charge in [-0.3, -0.25) is 0 Å². The van der Waals surface area contributed by atoms with Crippen molar-refractivity contribution < 1.29 is 9.84 Å². The molecule has 1 aliphatic carbocycles. The molecule has 0 spiro atoms. The van der Waals surface area contributed by atoms with Crippen molar-refractivity contribution in [2.75, 3.05) is 6.61 Å². The Hall–Kier alpha value is -2.03. The second-order valence-corrected chi connectivity index (χ2v) is 6.89. The van der Waals surface area contributed by atoms with Gasteiger partial charge in [-0.1, -0.05) is 60.7 Å². The first-order valence-corrected chi connectivity index (χ1v) is 8.48. The summed E-state index contributed by atoms with van der Waals surface area (Å²) in [6.07, 6.45) is 8.32. The zero-order valence-corrected chi connectivity index (χ0v) is 14.4. The Kier molecular flexibility index (Phi) is 5.08. The largest absolute Gasteiger partial charge is 0.491 e. The number of aliphatic hydroxyl groups excluding tert-OH is 1. The molecule has 0 radical (unpaired) electrons. The predicted molar refractivity (Wildman–Crippen MR) is 99.5 cm³/mol. The Morgan fingerprint density at radius 3 is 2.21 bits per heavy atom. The molecule has 2 nitrogen and oxygen atoms in total. The average molecular weight is 341 g/mol. The number of alkyl halides is 1. The monoisotopic (exact) mass is 340 g/mol. The molecule has 0 fully saturated rings. The number of ether oxygens (including phenoxy) is 1. The summed E-state index contributed by atoms with van der Waals surface area (Å²) in [6, 6.07) is 15.9. The maximum atomic E-state index is 9.57. The van der Waals surface area contributed by atoms with Crippen LogP contribution < -0.4 is 4.74 Å². The minimum atomic E-state index is -0.454. The maximum absolute atomic E-state index is 9.57. The van der Waals surface area contributed by atoms with E-state index in [0.717, 1.165) is 28.9 Å². The van der Waals surface area contributed by atoms with E-state index in [1.165, 1.54) is 0 Å². The topological polar surface area (TPSA) is 29.5 Å². The van der Waals surface area contributed by atoms with Gasteiger partial charge in [-0.2, -0.15) is 0 Å².